The molecule has 100 valence electrons. The number of carbonyl (C=O) groups is 1. The van der Waals surface area contributed by atoms with E-state index in [0.717, 1.165) is 18.7 Å². The zero-order valence-corrected chi connectivity index (χ0v) is 10.9. The fraction of sp³-hybridized carbons (Fsp3) is 0.455. The van der Waals surface area contributed by atoms with Crippen molar-refractivity contribution in [3.8, 4) is 0 Å². The van der Waals surface area contributed by atoms with Gasteiger partial charge in [0, 0.05) is 24.4 Å². The Morgan fingerprint density at radius 3 is 3.21 bits per heavy atom. The molecule has 0 saturated heterocycles. The molecule has 0 radical (unpaired) electrons. The highest BCUT2D eigenvalue weighted by Gasteiger charge is 2.21. The quantitative estimate of drug-likeness (QED) is 0.819. The van der Waals surface area contributed by atoms with Crippen molar-refractivity contribution in [2.45, 2.75) is 31.8 Å². The van der Waals surface area contributed by atoms with Crippen molar-refractivity contribution in [1.29, 1.82) is 0 Å². The molecule has 0 aromatic carbocycles. The molecule has 0 spiro atoms. The second-order valence-corrected chi connectivity index (χ2v) is 5.19. The molecule has 1 unspecified atom stereocenters. The van der Waals surface area contributed by atoms with Crippen molar-refractivity contribution in [2.75, 3.05) is 0 Å². The molecule has 2 N–H and O–H groups in total. The number of hydrogen-bond donors (Lipinski definition) is 2. The summed E-state index contributed by atoms with van der Waals surface area (Å²) in [7, 11) is 0. The third kappa shape index (κ3) is 2.43. The van der Waals surface area contributed by atoms with E-state index in [-0.39, 0.29) is 17.6 Å². The summed E-state index contributed by atoms with van der Waals surface area (Å²) in [6.45, 7) is 0.576. The van der Waals surface area contributed by atoms with Crippen LogP contribution in [0.4, 0.5) is 0 Å². The number of hydrogen-bond acceptors (Lipinski definition) is 5. The maximum absolute atomic E-state index is 11.9. The Labute approximate surface area is 112 Å². The Kier molecular flexibility index (Phi) is 3.16. The normalized spacial score (nSPS) is 18.6. The topological polar surface area (TPSA) is 92.7 Å². The predicted molar refractivity (Wildman–Crippen MR) is 69.2 cm³/mol. The molecule has 1 atom stereocenters. The molecule has 1 aliphatic heterocycles. The first kappa shape index (κ1) is 12.1. The summed E-state index contributed by atoms with van der Waals surface area (Å²) in [6.07, 6.45) is 2.18. The number of aromatic amines is 1. The fourth-order valence-electron chi connectivity index (χ4n) is 2.23. The molecule has 1 aliphatic rings. The Morgan fingerprint density at radius 2 is 2.42 bits per heavy atom. The third-order valence-corrected chi connectivity index (χ3v) is 3.84. The van der Waals surface area contributed by atoms with Gasteiger partial charge in [-0.15, -0.1) is 11.3 Å². The molecule has 2 aromatic heterocycles. The van der Waals surface area contributed by atoms with Gasteiger partial charge in [0.2, 0.25) is 0 Å². The Balaban J connectivity index is 1.66. The highest BCUT2D eigenvalue weighted by molar-refractivity contribution is 7.07. The van der Waals surface area contributed by atoms with Crippen LogP contribution in [0.15, 0.2) is 15.7 Å². The molecule has 1 amide bonds. The monoisotopic (exact) mass is 279 g/mol. The van der Waals surface area contributed by atoms with Crippen LogP contribution in [0.2, 0.25) is 0 Å². The lowest BCUT2D eigenvalue weighted by atomic mass is 10.1. The van der Waals surface area contributed by atoms with E-state index < -0.39 is 0 Å². The first-order chi connectivity index (χ1) is 9.24. The maximum Gasteiger partial charge on any atom is 0.343 e. The van der Waals surface area contributed by atoms with E-state index in [1.807, 2.05) is 0 Å². The van der Waals surface area contributed by atoms with Crippen LogP contribution < -0.4 is 11.0 Å². The van der Waals surface area contributed by atoms with E-state index >= 15 is 0 Å². The van der Waals surface area contributed by atoms with Gasteiger partial charge in [0.1, 0.15) is 11.5 Å². The standard InChI is InChI=1S/C11H13N5O2S/c17-10(8-5-19-6-12-8)13-7-1-2-9-14-15-11(18)16(9)4-3-7/h5-7H,1-4H2,(H,13,17)(H,15,18). The highest BCUT2D eigenvalue weighted by atomic mass is 32.1. The number of fused-ring (bicyclic) bond motifs is 1. The average Bonchev–Trinajstić information content (AvgIpc) is 2.99. The van der Waals surface area contributed by atoms with Gasteiger partial charge in [0.25, 0.3) is 5.91 Å². The van der Waals surface area contributed by atoms with Gasteiger partial charge in [-0.25, -0.2) is 14.9 Å². The SMILES string of the molecule is O=C(NC1CCc2n[nH]c(=O)n2CC1)c1cscn1. The van der Waals surface area contributed by atoms with E-state index in [0.29, 0.717) is 18.7 Å². The lowest BCUT2D eigenvalue weighted by Gasteiger charge is -2.14. The van der Waals surface area contributed by atoms with Gasteiger partial charge < -0.3 is 5.32 Å². The number of aromatic nitrogens is 4. The number of thiazole rings is 1. The Bertz CT molecular complexity index is 630. The van der Waals surface area contributed by atoms with Crippen molar-refractivity contribution in [1.82, 2.24) is 25.1 Å². The summed E-state index contributed by atoms with van der Waals surface area (Å²) in [5, 5.41) is 11.1. The van der Waals surface area contributed by atoms with Gasteiger partial charge in [-0.2, -0.15) is 5.10 Å². The van der Waals surface area contributed by atoms with Crippen LogP contribution >= 0.6 is 11.3 Å². The van der Waals surface area contributed by atoms with Gasteiger partial charge in [0.05, 0.1) is 5.51 Å². The molecule has 3 heterocycles. The number of amides is 1. The van der Waals surface area contributed by atoms with Crippen LogP contribution in [0.5, 0.6) is 0 Å². The number of nitrogens with zero attached hydrogens (tertiary/aromatic N) is 3. The van der Waals surface area contributed by atoms with Crippen molar-refractivity contribution in [3.05, 3.63) is 32.9 Å². The zero-order valence-electron chi connectivity index (χ0n) is 10.1. The molecule has 2 aromatic rings. The van der Waals surface area contributed by atoms with E-state index in [1.54, 1.807) is 15.5 Å². The number of H-pyrrole nitrogens is 1. The summed E-state index contributed by atoms with van der Waals surface area (Å²) < 4.78 is 1.63. The van der Waals surface area contributed by atoms with E-state index in [9.17, 15) is 9.59 Å². The second kappa shape index (κ2) is 4.96. The number of aryl methyl sites for hydroxylation is 1. The summed E-state index contributed by atoms with van der Waals surface area (Å²) in [5.41, 5.74) is 1.91. The minimum atomic E-state index is -0.179. The van der Waals surface area contributed by atoms with Crippen LogP contribution in [0.3, 0.4) is 0 Å². The van der Waals surface area contributed by atoms with E-state index in [1.165, 1.54) is 11.3 Å². The van der Waals surface area contributed by atoms with Gasteiger partial charge in [-0.3, -0.25) is 9.36 Å². The third-order valence-electron chi connectivity index (χ3n) is 3.26. The first-order valence-corrected chi connectivity index (χ1v) is 7.01. The zero-order chi connectivity index (χ0) is 13.2. The van der Waals surface area contributed by atoms with Gasteiger partial charge >= 0.3 is 5.69 Å². The first-order valence-electron chi connectivity index (χ1n) is 6.07. The molecule has 8 heteroatoms. The molecule has 0 aliphatic carbocycles. The molecule has 19 heavy (non-hydrogen) atoms. The van der Waals surface area contributed by atoms with Crippen LogP contribution in [-0.4, -0.2) is 31.7 Å². The van der Waals surface area contributed by atoms with Crippen LogP contribution in [0.1, 0.15) is 29.2 Å². The van der Waals surface area contributed by atoms with Crippen LogP contribution in [0, 0.1) is 0 Å². The predicted octanol–water partition coefficient (Wildman–Crippen LogP) is 0.163. The van der Waals surface area contributed by atoms with Gasteiger partial charge in [0.15, 0.2) is 0 Å². The van der Waals surface area contributed by atoms with Crippen LogP contribution in [0.25, 0.3) is 0 Å². The van der Waals surface area contributed by atoms with Crippen molar-refractivity contribution < 1.29 is 4.79 Å². The number of rotatable bonds is 2. The average molecular weight is 279 g/mol. The minimum Gasteiger partial charge on any atom is -0.348 e. The molecule has 3 rings (SSSR count). The Hall–Kier alpha value is -1.96. The summed E-state index contributed by atoms with van der Waals surface area (Å²) in [6, 6.07) is 0.0512. The molecule has 0 bridgehead atoms. The van der Waals surface area contributed by atoms with Gasteiger partial charge in [-0.05, 0) is 12.8 Å². The fourth-order valence-corrected chi connectivity index (χ4v) is 2.76. The maximum atomic E-state index is 11.9. The summed E-state index contributed by atoms with van der Waals surface area (Å²) >= 11 is 1.40. The number of nitrogens with one attached hydrogen (secondary N) is 2. The molecule has 0 fully saturated rings. The molecule has 7 nitrogen and oxygen atoms in total. The number of carbonyl (C=O) groups excluding carboxylic acids is 1. The molecule has 0 saturated carbocycles. The van der Waals surface area contributed by atoms with E-state index in [4.69, 9.17) is 0 Å². The highest BCUT2D eigenvalue weighted by Crippen LogP contribution is 2.12. The Morgan fingerprint density at radius 1 is 1.53 bits per heavy atom. The van der Waals surface area contributed by atoms with Gasteiger partial charge in [-0.1, -0.05) is 0 Å². The summed E-state index contributed by atoms with van der Waals surface area (Å²) in [4.78, 5) is 27.4. The molecular weight excluding hydrogens is 266 g/mol. The lowest BCUT2D eigenvalue weighted by Crippen LogP contribution is -2.35. The smallest absolute Gasteiger partial charge is 0.343 e. The van der Waals surface area contributed by atoms with Crippen molar-refractivity contribution in [2.24, 2.45) is 0 Å². The van der Waals surface area contributed by atoms with Crippen molar-refractivity contribution >= 4 is 17.2 Å². The minimum absolute atomic E-state index is 0.0512. The molecular formula is C11H13N5O2S. The van der Waals surface area contributed by atoms with Crippen molar-refractivity contribution in [3.63, 3.8) is 0 Å². The largest absolute Gasteiger partial charge is 0.348 e. The lowest BCUT2D eigenvalue weighted by molar-refractivity contribution is 0.0928. The summed E-state index contributed by atoms with van der Waals surface area (Å²) in [5.74, 6) is 0.607. The second-order valence-electron chi connectivity index (χ2n) is 4.47. The van der Waals surface area contributed by atoms with E-state index in [2.05, 4.69) is 20.5 Å². The van der Waals surface area contributed by atoms with Crippen LogP contribution in [-0.2, 0) is 13.0 Å².